The molecule has 0 bridgehead atoms. The number of nitrogens with one attached hydrogen (secondary N) is 1. The van der Waals surface area contributed by atoms with Gasteiger partial charge in [-0.1, -0.05) is 32.0 Å². The Morgan fingerprint density at radius 1 is 1.19 bits per heavy atom. The van der Waals surface area contributed by atoms with E-state index < -0.39 is 23.7 Å². The van der Waals surface area contributed by atoms with Crippen molar-refractivity contribution in [2.45, 2.75) is 32.5 Å². The molecule has 1 unspecified atom stereocenters. The molecule has 0 saturated carbocycles. The van der Waals surface area contributed by atoms with Crippen LogP contribution in [0.15, 0.2) is 42.6 Å². The van der Waals surface area contributed by atoms with Crippen LogP contribution in [0.2, 0.25) is 0 Å². The van der Waals surface area contributed by atoms with E-state index in [2.05, 4.69) is 15.2 Å². The lowest BCUT2D eigenvalue weighted by Gasteiger charge is -2.28. The predicted molar refractivity (Wildman–Crippen MR) is 108 cm³/mol. The van der Waals surface area contributed by atoms with Crippen molar-refractivity contribution in [1.82, 2.24) is 15.2 Å². The second-order valence-corrected chi connectivity index (χ2v) is 7.78. The molecule has 0 spiro atoms. The van der Waals surface area contributed by atoms with Crippen LogP contribution in [0, 0.1) is 5.92 Å². The number of halogens is 3. The highest BCUT2D eigenvalue weighted by molar-refractivity contribution is 6.10. The first-order valence-corrected chi connectivity index (χ1v) is 9.79. The predicted octanol–water partition coefficient (Wildman–Crippen LogP) is 4.78. The van der Waals surface area contributed by atoms with Gasteiger partial charge in [0.05, 0.1) is 30.6 Å². The zero-order valence-electron chi connectivity index (χ0n) is 17.2. The fourth-order valence-electron chi connectivity index (χ4n) is 3.96. The zero-order chi connectivity index (χ0) is 22.3. The summed E-state index contributed by atoms with van der Waals surface area (Å²) in [5, 5.41) is 7.04. The number of pyridine rings is 1. The maximum absolute atomic E-state index is 13.9. The van der Waals surface area contributed by atoms with Crippen LogP contribution >= 0.6 is 0 Å². The Morgan fingerprint density at radius 3 is 2.55 bits per heavy atom. The number of amides is 1. The number of anilines is 1. The third-order valence-corrected chi connectivity index (χ3v) is 5.22. The van der Waals surface area contributed by atoms with Gasteiger partial charge in [0, 0.05) is 17.3 Å². The normalized spacial score (nSPS) is 16.2. The van der Waals surface area contributed by atoms with Crippen molar-refractivity contribution in [2.75, 3.05) is 12.0 Å². The number of methoxy groups -OCH3 is 1. The number of rotatable bonds is 5. The summed E-state index contributed by atoms with van der Waals surface area (Å²) in [5.41, 5.74) is 0.832. The van der Waals surface area contributed by atoms with E-state index in [1.165, 1.54) is 30.3 Å². The van der Waals surface area contributed by atoms with Gasteiger partial charge in [0.2, 0.25) is 5.88 Å². The third-order valence-electron chi connectivity index (χ3n) is 5.22. The first-order valence-electron chi connectivity index (χ1n) is 9.79. The Balaban J connectivity index is 1.94. The van der Waals surface area contributed by atoms with E-state index in [4.69, 9.17) is 4.74 Å². The average molecular weight is 430 g/mol. The van der Waals surface area contributed by atoms with Gasteiger partial charge < -0.3 is 4.74 Å². The van der Waals surface area contributed by atoms with Crippen LogP contribution in [0.1, 0.15) is 52.8 Å². The minimum Gasteiger partial charge on any atom is -0.481 e. The second-order valence-electron chi connectivity index (χ2n) is 7.78. The fraction of sp³-hybridized carbons (Fsp3) is 0.318. The molecule has 1 atom stereocenters. The van der Waals surface area contributed by atoms with Gasteiger partial charge in [0.25, 0.3) is 5.91 Å². The summed E-state index contributed by atoms with van der Waals surface area (Å²) >= 11 is 0. The molecule has 1 aliphatic heterocycles. The zero-order valence-corrected chi connectivity index (χ0v) is 17.2. The SMILES string of the molecule is COc1ccc(N2C(=O)c3n[nH]c(CC(C)C)c3C2c2ccccc2C(F)(F)F)cn1. The lowest BCUT2D eigenvalue weighted by atomic mass is 9.92. The summed E-state index contributed by atoms with van der Waals surface area (Å²) in [5.74, 6) is 0.0756. The minimum absolute atomic E-state index is 0.00989. The van der Waals surface area contributed by atoms with Gasteiger partial charge in [-0.15, -0.1) is 0 Å². The summed E-state index contributed by atoms with van der Waals surface area (Å²) < 4.78 is 46.7. The molecule has 2 aromatic heterocycles. The molecule has 0 radical (unpaired) electrons. The molecule has 1 amide bonds. The fourth-order valence-corrected chi connectivity index (χ4v) is 3.96. The number of alkyl halides is 3. The number of H-pyrrole nitrogens is 1. The van der Waals surface area contributed by atoms with E-state index in [0.717, 1.165) is 6.07 Å². The summed E-state index contributed by atoms with van der Waals surface area (Å²) in [6.45, 7) is 3.99. The summed E-state index contributed by atoms with van der Waals surface area (Å²) in [7, 11) is 1.46. The van der Waals surface area contributed by atoms with Gasteiger partial charge in [-0.25, -0.2) is 4.98 Å². The number of aromatic amines is 1. The number of carbonyl (C=O) groups is 1. The number of carbonyl (C=O) groups excluding carboxylic acids is 1. The van der Waals surface area contributed by atoms with E-state index >= 15 is 0 Å². The molecule has 3 heterocycles. The number of benzene rings is 1. The monoisotopic (exact) mass is 430 g/mol. The maximum Gasteiger partial charge on any atom is 0.416 e. The Labute approximate surface area is 177 Å². The number of ether oxygens (including phenoxy) is 1. The van der Waals surface area contributed by atoms with E-state index in [9.17, 15) is 18.0 Å². The van der Waals surface area contributed by atoms with Crippen LogP contribution in [-0.4, -0.2) is 28.2 Å². The van der Waals surface area contributed by atoms with E-state index in [1.807, 2.05) is 13.8 Å². The molecule has 1 aliphatic rings. The molecule has 9 heteroatoms. The lowest BCUT2D eigenvalue weighted by Crippen LogP contribution is -2.31. The van der Waals surface area contributed by atoms with Gasteiger partial charge in [-0.2, -0.15) is 18.3 Å². The van der Waals surface area contributed by atoms with E-state index in [1.54, 1.807) is 18.2 Å². The highest BCUT2D eigenvalue weighted by Gasteiger charge is 2.46. The average Bonchev–Trinajstić information content (AvgIpc) is 3.26. The van der Waals surface area contributed by atoms with Gasteiger partial charge in [-0.3, -0.25) is 14.8 Å². The van der Waals surface area contributed by atoms with Gasteiger partial charge in [0.15, 0.2) is 5.69 Å². The second kappa shape index (κ2) is 7.72. The van der Waals surface area contributed by atoms with Crippen molar-refractivity contribution in [2.24, 2.45) is 5.92 Å². The van der Waals surface area contributed by atoms with Crippen molar-refractivity contribution in [3.8, 4) is 5.88 Å². The van der Waals surface area contributed by atoms with Crippen molar-refractivity contribution in [3.05, 3.63) is 70.7 Å². The first kappa shape index (κ1) is 20.9. The molecule has 1 aromatic carbocycles. The molecular formula is C22H21F3N4O2. The molecule has 6 nitrogen and oxygen atoms in total. The van der Waals surface area contributed by atoms with Crippen LogP contribution in [0.4, 0.5) is 18.9 Å². The largest absolute Gasteiger partial charge is 0.481 e. The van der Waals surface area contributed by atoms with E-state index in [0.29, 0.717) is 29.2 Å². The van der Waals surface area contributed by atoms with Crippen LogP contribution in [0.3, 0.4) is 0 Å². The Bertz CT molecular complexity index is 1110. The standard InChI is InChI=1S/C22H21F3N4O2/c1-12(2)10-16-18-19(28-27-16)21(30)29(13-8-9-17(31-3)26-11-13)20(18)14-6-4-5-7-15(14)22(23,24)25/h4-9,11-12,20H,10H2,1-3H3,(H,27,28). The number of aromatic nitrogens is 3. The number of hydrogen-bond acceptors (Lipinski definition) is 4. The summed E-state index contributed by atoms with van der Waals surface area (Å²) in [4.78, 5) is 18.8. The van der Waals surface area contributed by atoms with Crippen LogP contribution < -0.4 is 9.64 Å². The number of hydrogen-bond donors (Lipinski definition) is 1. The molecule has 3 aromatic rings. The van der Waals surface area contributed by atoms with Crippen molar-refractivity contribution < 1.29 is 22.7 Å². The number of fused-ring (bicyclic) bond motifs is 1. The molecule has 0 saturated heterocycles. The first-order chi connectivity index (χ1) is 14.7. The van der Waals surface area contributed by atoms with Crippen LogP contribution in [-0.2, 0) is 12.6 Å². The molecule has 4 rings (SSSR count). The third kappa shape index (κ3) is 3.64. The topological polar surface area (TPSA) is 71.1 Å². The Kier molecular flexibility index (Phi) is 5.20. The van der Waals surface area contributed by atoms with Crippen molar-refractivity contribution in [1.29, 1.82) is 0 Å². The molecule has 0 fully saturated rings. The minimum atomic E-state index is -4.58. The number of nitrogens with zero attached hydrogens (tertiary/aromatic N) is 3. The van der Waals surface area contributed by atoms with Crippen LogP contribution in [0.25, 0.3) is 0 Å². The van der Waals surface area contributed by atoms with Gasteiger partial charge in [0.1, 0.15) is 0 Å². The summed E-state index contributed by atoms with van der Waals surface area (Å²) in [6.07, 6.45) is -2.61. The van der Waals surface area contributed by atoms with E-state index in [-0.39, 0.29) is 17.2 Å². The molecule has 162 valence electrons. The van der Waals surface area contributed by atoms with Gasteiger partial charge in [-0.05, 0) is 30.0 Å². The summed E-state index contributed by atoms with van der Waals surface area (Å²) in [6, 6.07) is 7.50. The quantitative estimate of drug-likeness (QED) is 0.632. The van der Waals surface area contributed by atoms with Crippen molar-refractivity contribution in [3.63, 3.8) is 0 Å². The van der Waals surface area contributed by atoms with Crippen molar-refractivity contribution >= 4 is 11.6 Å². The van der Waals surface area contributed by atoms with Crippen LogP contribution in [0.5, 0.6) is 5.88 Å². The Hall–Kier alpha value is -3.36. The highest BCUT2D eigenvalue weighted by Crippen LogP contribution is 2.46. The smallest absolute Gasteiger partial charge is 0.416 e. The van der Waals surface area contributed by atoms with Gasteiger partial charge >= 0.3 is 6.18 Å². The molecule has 0 aliphatic carbocycles. The molecule has 1 N–H and O–H groups in total. The Morgan fingerprint density at radius 2 is 1.94 bits per heavy atom. The maximum atomic E-state index is 13.9. The molecular weight excluding hydrogens is 409 g/mol. The highest BCUT2D eigenvalue weighted by atomic mass is 19.4. The lowest BCUT2D eigenvalue weighted by molar-refractivity contribution is -0.138. The molecule has 31 heavy (non-hydrogen) atoms.